The van der Waals surface area contributed by atoms with E-state index in [9.17, 15) is 4.79 Å². The average molecular weight is 382 g/mol. The fraction of sp³-hybridized carbons (Fsp3) is 0.632. The number of carbonyl (C=O) groups is 1. The van der Waals surface area contributed by atoms with E-state index in [1.54, 1.807) is 0 Å². The summed E-state index contributed by atoms with van der Waals surface area (Å²) in [6, 6.07) is 6.27. The SMILES string of the molecule is CC(C)(C)c1cc(Br)ccc1OCC(=O)NC1CCCCCC1. The molecule has 1 saturated carbocycles. The first kappa shape index (κ1) is 18.3. The summed E-state index contributed by atoms with van der Waals surface area (Å²) < 4.78 is 6.85. The molecule has 0 spiro atoms. The number of amides is 1. The smallest absolute Gasteiger partial charge is 0.258 e. The van der Waals surface area contributed by atoms with Crippen molar-refractivity contribution < 1.29 is 9.53 Å². The number of carbonyl (C=O) groups excluding carboxylic acids is 1. The van der Waals surface area contributed by atoms with Crippen molar-refractivity contribution in [2.45, 2.75) is 70.8 Å². The van der Waals surface area contributed by atoms with Crippen LogP contribution in [0.3, 0.4) is 0 Å². The van der Waals surface area contributed by atoms with E-state index < -0.39 is 0 Å². The summed E-state index contributed by atoms with van der Waals surface area (Å²) >= 11 is 3.51. The number of benzene rings is 1. The molecular weight excluding hydrogens is 354 g/mol. The first-order chi connectivity index (χ1) is 10.9. The zero-order valence-electron chi connectivity index (χ0n) is 14.5. The van der Waals surface area contributed by atoms with E-state index in [4.69, 9.17) is 4.74 Å². The van der Waals surface area contributed by atoms with Gasteiger partial charge in [-0.3, -0.25) is 4.79 Å². The molecule has 0 aromatic heterocycles. The lowest BCUT2D eigenvalue weighted by molar-refractivity contribution is -0.123. The highest BCUT2D eigenvalue weighted by Gasteiger charge is 2.20. The van der Waals surface area contributed by atoms with Gasteiger partial charge >= 0.3 is 0 Å². The highest BCUT2D eigenvalue weighted by Crippen LogP contribution is 2.33. The van der Waals surface area contributed by atoms with Crippen molar-refractivity contribution in [1.82, 2.24) is 5.32 Å². The van der Waals surface area contributed by atoms with Gasteiger partial charge in [0, 0.05) is 16.1 Å². The molecule has 1 aliphatic rings. The lowest BCUT2D eigenvalue weighted by atomic mass is 9.86. The van der Waals surface area contributed by atoms with Crippen LogP contribution in [-0.4, -0.2) is 18.6 Å². The Morgan fingerprint density at radius 1 is 1.22 bits per heavy atom. The van der Waals surface area contributed by atoms with Crippen LogP contribution in [0, 0.1) is 0 Å². The van der Waals surface area contributed by atoms with Crippen LogP contribution in [-0.2, 0) is 10.2 Å². The highest BCUT2D eigenvalue weighted by atomic mass is 79.9. The molecule has 2 rings (SSSR count). The molecule has 0 bridgehead atoms. The Labute approximate surface area is 148 Å². The third kappa shape index (κ3) is 5.83. The minimum atomic E-state index is -0.0309. The molecule has 23 heavy (non-hydrogen) atoms. The third-order valence-corrected chi connectivity index (χ3v) is 4.82. The van der Waals surface area contributed by atoms with Crippen LogP contribution in [0.4, 0.5) is 0 Å². The van der Waals surface area contributed by atoms with E-state index in [1.165, 1.54) is 25.7 Å². The van der Waals surface area contributed by atoms with Crippen LogP contribution in [0.2, 0.25) is 0 Å². The second kappa shape index (κ2) is 8.18. The van der Waals surface area contributed by atoms with Crippen molar-refractivity contribution in [1.29, 1.82) is 0 Å². The molecule has 0 unspecified atom stereocenters. The summed E-state index contributed by atoms with van der Waals surface area (Å²) in [5.74, 6) is 0.774. The minimum absolute atomic E-state index is 0.0142. The van der Waals surface area contributed by atoms with Crippen molar-refractivity contribution in [2.24, 2.45) is 0 Å². The van der Waals surface area contributed by atoms with Crippen LogP contribution in [0.5, 0.6) is 5.75 Å². The molecule has 1 amide bonds. The lowest BCUT2D eigenvalue weighted by Gasteiger charge is -2.23. The van der Waals surface area contributed by atoms with Crippen molar-refractivity contribution in [3.8, 4) is 5.75 Å². The quantitative estimate of drug-likeness (QED) is 0.747. The van der Waals surface area contributed by atoms with E-state index >= 15 is 0 Å². The van der Waals surface area contributed by atoms with Gasteiger partial charge in [0.05, 0.1) is 0 Å². The zero-order valence-corrected chi connectivity index (χ0v) is 16.0. The van der Waals surface area contributed by atoms with Gasteiger partial charge in [0.1, 0.15) is 5.75 Å². The molecular formula is C19H28BrNO2. The Bertz CT molecular complexity index is 529. The van der Waals surface area contributed by atoms with Crippen molar-refractivity contribution in [3.05, 3.63) is 28.2 Å². The summed E-state index contributed by atoms with van der Waals surface area (Å²) in [6.07, 6.45) is 7.20. The van der Waals surface area contributed by atoms with Crippen LogP contribution in [0.25, 0.3) is 0 Å². The van der Waals surface area contributed by atoms with E-state index in [2.05, 4.69) is 48.1 Å². The fourth-order valence-corrected chi connectivity index (χ4v) is 3.41. The number of halogens is 1. The molecule has 0 atom stereocenters. The summed E-state index contributed by atoms with van der Waals surface area (Å²) in [6.45, 7) is 6.52. The molecule has 1 aromatic carbocycles. The molecule has 0 aliphatic heterocycles. The number of ether oxygens (including phenoxy) is 1. The van der Waals surface area contributed by atoms with E-state index in [0.29, 0.717) is 6.04 Å². The molecule has 0 radical (unpaired) electrons. The van der Waals surface area contributed by atoms with Crippen LogP contribution in [0.15, 0.2) is 22.7 Å². The van der Waals surface area contributed by atoms with Gasteiger partial charge in [-0.05, 0) is 36.5 Å². The Kier molecular flexibility index (Phi) is 6.51. The predicted molar refractivity (Wildman–Crippen MR) is 98.0 cm³/mol. The monoisotopic (exact) mass is 381 g/mol. The van der Waals surface area contributed by atoms with Crippen LogP contribution in [0.1, 0.15) is 64.9 Å². The first-order valence-corrected chi connectivity index (χ1v) is 9.38. The summed E-state index contributed by atoms with van der Waals surface area (Å²) in [4.78, 5) is 12.2. The largest absolute Gasteiger partial charge is 0.483 e. The zero-order chi connectivity index (χ0) is 16.9. The van der Waals surface area contributed by atoms with Gasteiger partial charge in [-0.1, -0.05) is 62.4 Å². The number of rotatable bonds is 4. The van der Waals surface area contributed by atoms with Gasteiger partial charge in [-0.15, -0.1) is 0 Å². The second-order valence-corrected chi connectivity index (χ2v) is 8.35. The molecule has 4 heteroatoms. The maximum absolute atomic E-state index is 12.2. The highest BCUT2D eigenvalue weighted by molar-refractivity contribution is 9.10. The molecule has 128 valence electrons. The number of hydrogen-bond acceptors (Lipinski definition) is 2. The fourth-order valence-electron chi connectivity index (χ4n) is 3.05. The number of nitrogens with one attached hydrogen (secondary N) is 1. The van der Waals surface area contributed by atoms with Crippen LogP contribution < -0.4 is 10.1 Å². The molecule has 1 aromatic rings. The van der Waals surface area contributed by atoms with Gasteiger partial charge in [0.15, 0.2) is 6.61 Å². The second-order valence-electron chi connectivity index (χ2n) is 7.44. The van der Waals surface area contributed by atoms with E-state index in [-0.39, 0.29) is 17.9 Å². The van der Waals surface area contributed by atoms with Crippen LogP contribution >= 0.6 is 15.9 Å². The summed E-state index contributed by atoms with van der Waals surface area (Å²) in [7, 11) is 0. The summed E-state index contributed by atoms with van der Waals surface area (Å²) in [5, 5.41) is 3.13. The van der Waals surface area contributed by atoms with Crippen molar-refractivity contribution >= 4 is 21.8 Å². The first-order valence-electron chi connectivity index (χ1n) is 8.58. The molecule has 1 aliphatic carbocycles. The lowest BCUT2D eigenvalue weighted by Crippen LogP contribution is -2.37. The standard InChI is InChI=1S/C19H28BrNO2/c1-19(2,3)16-12-14(20)10-11-17(16)23-13-18(22)21-15-8-6-4-5-7-9-15/h10-12,15H,4-9,13H2,1-3H3,(H,21,22). The average Bonchev–Trinajstić information content (AvgIpc) is 2.73. The van der Waals surface area contributed by atoms with E-state index in [1.807, 2.05) is 12.1 Å². The molecule has 1 fully saturated rings. The molecule has 0 saturated heterocycles. The number of hydrogen-bond donors (Lipinski definition) is 1. The summed E-state index contributed by atoms with van der Waals surface area (Å²) in [5.41, 5.74) is 1.07. The van der Waals surface area contributed by atoms with Crippen molar-refractivity contribution in [3.63, 3.8) is 0 Å². The molecule has 0 heterocycles. The van der Waals surface area contributed by atoms with Gasteiger partial charge in [-0.2, -0.15) is 0 Å². The Morgan fingerprint density at radius 2 is 1.87 bits per heavy atom. The van der Waals surface area contributed by atoms with Gasteiger partial charge in [0.25, 0.3) is 5.91 Å². The van der Waals surface area contributed by atoms with E-state index in [0.717, 1.165) is 28.6 Å². The normalized spacial score (nSPS) is 16.7. The maximum Gasteiger partial charge on any atom is 0.258 e. The Morgan fingerprint density at radius 3 is 2.48 bits per heavy atom. The third-order valence-electron chi connectivity index (χ3n) is 4.33. The predicted octanol–water partition coefficient (Wildman–Crippen LogP) is 4.96. The molecule has 3 nitrogen and oxygen atoms in total. The van der Waals surface area contributed by atoms with Gasteiger partial charge in [-0.25, -0.2) is 0 Å². The van der Waals surface area contributed by atoms with Crippen molar-refractivity contribution in [2.75, 3.05) is 6.61 Å². The van der Waals surface area contributed by atoms with Gasteiger partial charge < -0.3 is 10.1 Å². The Hall–Kier alpha value is -1.03. The Balaban J connectivity index is 1.93. The van der Waals surface area contributed by atoms with Gasteiger partial charge in [0.2, 0.25) is 0 Å². The maximum atomic E-state index is 12.2. The molecule has 1 N–H and O–H groups in total. The minimum Gasteiger partial charge on any atom is -0.483 e. The topological polar surface area (TPSA) is 38.3 Å².